The molecule has 1 saturated heterocycles. The van der Waals surface area contributed by atoms with Crippen LogP contribution < -0.4 is 16.0 Å². The third kappa shape index (κ3) is 5.92. The molecule has 0 aliphatic carbocycles. The lowest BCUT2D eigenvalue weighted by molar-refractivity contribution is -0.137. The monoisotopic (exact) mass is 581 g/mol. The van der Waals surface area contributed by atoms with Crippen LogP contribution in [0.3, 0.4) is 0 Å². The number of nitrogens with zero attached hydrogens (tertiary/aromatic N) is 1. The number of likely N-dealkylation sites (tertiary alicyclic amines) is 1. The summed E-state index contributed by atoms with van der Waals surface area (Å²) in [5.74, 6) is -1.89. The first kappa shape index (κ1) is 29.4. The summed E-state index contributed by atoms with van der Waals surface area (Å²) in [5, 5.41) is 8.50. The normalized spacial score (nSPS) is 17.6. The van der Waals surface area contributed by atoms with Gasteiger partial charge in [0, 0.05) is 47.3 Å². The molecule has 0 bridgehead atoms. The van der Waals surface area contributed by atoms with E-state index in [4.69, 9.17) is 0 Å². The van der Waals surface area contributed by atoms with E-state index < -0.39 is 23.6 Å². The summed E-state index contributed by atoms with van der Waals surface area (Å²) in [7, 11) is 0. The predicted octanol–water partition coefficient (Wildman–Crippen LogP) is 5.57. The van der Waals surface area contributed by atoms with Crippen LogP contribution in [0.25, 0.3) is 0 Å². The maximum absolute atomic E-state index is 13.1. The summed E-state index contributed by atoms with van der Waals surface area (Å²) in [4.78, 5) is 44.5. The second-order valence-electron chi connectivity index (χ2n) is 11.1. The van der Waals surface area contributed by atoms with E-state index in [1.165, 1.54) is 25.0 Å². The van der Waals surface area contributed by atoms with Gasteiger partial charge < -0.3 is 25.8 Å². The van der Waals surface area contributed by atoms with Crippen LogP contribution >= 0.6 is 0 Å². The molecule has 2 aliphatic rings. The number of carbonyl (C=O) groups is 3. The number of aromatic amines is 1. The number of nitrogens with one attached hydrogen (secondary N) is 4. The van der Waals surface area contributed by atoms with Crippen molar-refractivity contribution in [1.29, 1.82) is 0 Å². The second-order valence-corrected chi connectivity index (χ2v) is 11.1. The van der Waals surface area contributed by atoms with Crippen LogP contribution in [0.15, 0.2) is 42.5 Å². The number of anilines is 2. The Bertz CT molecular complexity index is 1520. The first-order valence-corrected chi connectivity index (χ1v) is 14.1. The Hall–Kier alpha value is -4.12. The molecule has 2 atom stereocenters. The van der Waals surface area contributed by atoms with Crippen molar-refractivity contribution in [3.05, 3.63) is 81.7 Å². The highest BCUT2D eigenvalue weighted by molar-refractivity contribution is 6.07. The van der Waals surface area contributed by atoms with Gasteiger partial charge in [-0.25, -0.2) is 0 Å². The van der Waals surface area contributed by atoms with Crippen LogP contribution in [0.1, 0.15) is 80.4 Å². The molecular weight excluding hydrogens is 547 g/mol. The molecule has 0 radical (unpaired) electrons. The Morgan fingerprint density at radius 3 is 2.52 bits per heavy atom. The fraction of sp³-hybridized carbons (Fsp3) is 0.387. The van der Waals surface area contributed by atoms with E-state index in [2.05, 4.69) is 25.8 Å². The second kappa shape index (κ2) is 11.6. The minimum absolute atomic E-state index is 0.130. The minimum Gasteiger partial charge on any atom is -0.361 e. The van der Waals surface area contributed by atoms with Crippen LogP contribution in [0.5, 0.6) is 0 Å². The van der Waals surface area contributed by atoms with Crippen LogP contribution in [-0.4, -0.2) is 53.8 Å². The van der Waals surface area contributed by atoms with Crippen molar-refractivity contribution in [2.24, 2.45) is 0 Å². The number of carbonyl (C=O) groups excluding carboxylic acids is 3. The summed E-state index contributed by atoms with van der Waals surface area (Å²) < 4.78 is 39.2. The van der Waals surface area contributed by atoms with Gasteiger partial charge in [-0.2, -0.15) is 13.2 Å². The molecule has 0 saturated carbocycles. The van der Waals surface area contributed by atoms with E-state index in [1.54, 1.807) is 18.2 Å². The third-order valence-corrected chi connectivity index (χ3v) is 8.21. The number of rotatable bonds is 8. The van der Waals surface area contributed by atoms with Crippen LogP contribution in [-0.2, 0) is 11.0 Å². The molecule has 0 spiro atoms. The van der Waals surface area contributed by atoms with Gasteiger partial charge in [0.15, 0.2) is 0 Å². The van der Waals surface area contributed by atoms with Gasteiger partial charge in [0.2, 0.25) is 5.91 Å². The van der Waals surface area contributed by atoms with Crippen molar-refractivity contribution in [2.75, 3.05) is 36.8 Å². The number of alkyl halides is 3. The predicted molar refractivity (Wildman–Crippen MR) is 154 cm³/mol. The number of hydrogen-bond donors (Lipinski definition) is 4. The Labute approximate surface area is 242 Å². The largest absolute Gasteiger partial charge is 0.416 e. The molecule has 2 aliphatic heterocycles. The number of fused-ring (bicyclic) bond motifs is 1. The van der Waals surface area contributed by atoms with Gasteiger partial charge in [0.1, 0.15) is 0 Å². The topological polar surface area (TPSA) is 106 Å². The lowest BCUT2D eigenvalue weighted by Crippen LogP contribution is -2.33. The van der Waals surface area contributed by atoms with Gasteiger partial charge in [0.25, 0.3) is 11.8 Å². The minimum atomic E-state index is -4.56. The van der Waals surface area contributed by atoms with Gasteiger partial charge >= 0.3 is 6.18 Å². The summed E-state index contributed by atoms with van der Waals surface area (Å²) in [6, 6.07) is 9.13. The highest BCUT2D eigenvalue weighted by Gasteiger charge is 2.38. The molecule has 1 aromatic heterocycles. The standard InChI is InChI=1S/C31H34F3N5O3/c1-17-25(29(41)35-11-14-39-12-4-5-13-39)19(3)36-27(17)18(2)26-23-10-9-22(16-24(23)38-30(26)42)37-28(40)20-7-6-8-21(15-20)31(32,33)34/h6-10,15-16,18,26,36H,4-5,11-14H2,1-3H3,(H,35,41)(H,37,40)(H,38,42). The summed E-state index contributed by atoms with van der Waals surface area (Å²) in [5.41, 5.74) is 3.46. The molecule has 5 rings (SSSR count). The van der Waals surface area contributed by atoms with Crippen molar-refractivity contribution in [3.8, 4) is 0 Å². The van der Waals surface area contributed by atoms with E-state index >= 15 is 0 Å². The zero-order valence-corrected chi connectivity index (χ0v) is 23.7. The third-order valence-electron chi connectivity index (χ3n) is 8.21. The quantitative estimate of drug-likeness (QED) is 0.279. The van der Waals surface area contributed by atoms with Gasteiger partial charge in [0.05, 0.1) is 17.0 Å². The summed E-state index contributed by atoms with van der Waals surface area (Å²) in [6.07, 6.45) is -2.18. The Balaban J connectivity index is 1.30. The van der Waals surface area contributed by atoms with Crippen molar-refractivity contribution < 1.29 is 27.6 Å². The smallest absolute Gasteiger partial charge is 0.361 e. The van der Waals surface area contributed by atoms with Gasteiger partial charge in [-0.05, 0) is 81.2 Å². The SMILES string of the molecule is Cc1[nH]c(C(C)C2C(=O)Nc3cc(NC(=O)c4cccc(C(F)(F)F)c4)ccc32)c(C)c1C(=O)NCCN1CCCC1. The zero-order valence-electron chi connectivity index (χ0n) is 23.7. The number of aromatic nitrogens is 1. The van der Waals surface area contributed by atoms with Crippen molar-refractivity contribution >= 4 is 29.1 Å². The molecule has 2 aromatic carbocycles. The van der Waals surface area contributed by atoms with Crippen molar-refractivity contribution in [3.63, 3.8) is 0 Å². The van der Waals surface area contributed by atoms with E-state index in [0.29, 0.717) is 23.5 Å². The number of H-pyrrole nitrogens is 1. The van der Waals surface area contributed by atoms with E-state index in [0.717, 1.165) is 54.3 Å². The lowest BCUT2D eigenvalue weighted by Gasteiger charge is -2.19. The molecular formula is C31H34F3N5O3. The number of amides is 3. The molecule has 1 fully saturated rings. The highest BCUT2D eigenvalue weighted by atomic mass is 19.4. The Morgan fingerprint density at radius 1 is 1.07 bits per heavy atom. The molecule has 3 aromatic rings. The Morgan fingerprint density at radius 2 is 1.81 bits per heavy atom. The van der Waals surface area contributed by atoms with Crippen molar-refractivity contribution in [2.45, 2.75) is 51.6 Å². The van der Waals surface area contributed by atoms with Gasteiger partial charge in [-0.1, -0.05) is 19.1 Å². The van der Waals surface area contributed by atoms with E-state index in [-0.39, 0.29) is 23.3 Å². The average Bonchev–Trinajstić information content (AvgIpc) is 3.64. The molecule has 8 nitrogen and oxygen atoms in total. The zero-order chi connectivity index (χ0) is 30.2. The first-order valence-electron chi connectivity index (χ1n) is 14.1. The number of aryl methyl sites for hydroxylation is 1. The molecule has 42 heavy (non-hydrogen) atoms. The fourth-order valence-electron chi connectivity index (χ4n) is 6.06. The van der Waals surface area contributed by atoms with Crippen LogP contribution in [0.2, 0.25) is 0 Å². The van der Waals surface area contributed by atoms with Gasteiger partial charge in [-0.3, -0.25) is 14.4 Å². The number of benzene rings is 2. The molecule has 2 unspecified atom stereocenters. The molecule has 222 valence electrons. The maximum atomic E-state index is 13.1. The highest BCUT2D eigenvalue weighted by Crippen LogP contribution is 2.44. The Kier molecular flexibility index (Phi) is 8.14. The molecule has 4 N–H and O–H groups in total. The van der Waals surface area contributed by atoms with Crippen LogP contribution in [0.4, 0.5) is 24.5 Å². The first-order chi connectivity index (χ1) is 19.9. The van der Waals surface area contributed by atoms with Crippen LogP contribution in [0, 0.1) is 13.8 Å². The van der Waals surface area contributed by atoms with E-state index in [9.17, 15) is 27.6 Å². The summed E-state index contributed by atoms with van der Waals surface area (Å²) >= 11 is 0. The average molecular weight is 582 g/mol. The number of halogens is 3. The fourth-order valence-corrected chi connectivity index (χ4v) is 6.06. The van der Waals surface area contributed by atoms with Gasteiger partial charge in [-0.15, -0.1) is 0 Å². The molecule has 3 heterocycles. The maximum Gasteiger partial charge on any atom is 0.416 e. The molecule has 3 amide bonds. The number of hydrogen-bond acceptors (Lipinski definition) is 4. The van der Waals surface area contributed by atoms with Crippen molar-refractivity contribution in [1.82, 2.24) is 15.2 Å². The van der Waals surface area contributed by atoms with E-state index in [1.807, 2.05) is 20.8 Å². The molecule has 11 heteroatoms. The lowest BCUT2D eigenvalue weighted by atomic mass is 9.84. The summed E-state index contributed by atoms with van der Waals surface area (Å²) in [6.45, 7) is 9.17.